The van der Waals surface area contributed by atoms with Crippen molar-refractivity contribution >= 4 is 32.7 Å². The Balaban J connectivity index is 1.52. The second kappa shape index (κ2) is 9.06. The zero-order chi connectivity index (χ0) is 26.8. The molecule has 0 bridgehead atoms. The molecule has 198 valence electrons. The molecule has 0 aliphatic carbocycles. The maximum absolute atomic E-state index is 13.2. The molecule has 2 aliphatic rings. The van der Waals surface area contributed by atoms with E-state index < -0.39 is 10.0 Å². The highest BCUT2D eigenvalue weighted by molar-refractivity contribution is 7.88. The first kappa shape index (κ1) is 24.8. The Bertz CT molecular complexity index is 1650. The van der Waals surface area contributed by atoms with Crippen LogP contribution >= 0.6 is 0 Å². The first-order chi connectivity index (χ1) is 18.1. The highest BCUT2D eigenvalue weighted by Gasteiger charge is 2.40. The maximum atomic E-state index is 13.2. The summed E-state index contributed by atoms with van der Waals surface area (Å²) in [5.74, 6) is 1.61. The van der Waals surface area contributed by atoms with Gasteiger partial charge < -0.3 is 14.0 Å². The molecule has 0 radical (unpaired) electrons. The third-order valence-corrected chi connectivity index (χ3v) is 9.15. The molecule has 0 spiro atoms. The number of carbonyl (C=O) groups is 1. The first-order valence-corrected chi connectivity index (χ1v) is 14.8. The number of para-hydroxylation sites is 1. The fourth-order valence-electron chi connectivity index (χ4n) is 6.07. The number of hydrogen-bond donors (Lipinski definition) is 0. The first-order valence-electron chi connectivity index (χ1n) is 12.9. The zero-order valence-electron chi connectivity index (χ0n) is 22.0. The van der Waals surface area contributed by atoms with Crippen LogP contribution in [0.2, 0.25) is 0 Å². The molecule has 4 heterocycles. The van der Waals surface area contributed by atoms with Crippen LogP contribution in [-0.4, -0.2) is 52.7 Å². The van der Waals surface area contributed by atoms with Crippen LogP contribution in [0.4, 0.5) is 5.69 Å². The number of aromatic nitrogens is 3. The van der Waals surface area contributed by atoms with E-state index in [4.69, 9.17) is 9.51 Å². The van der Waals surface area contributed by atoms with E-state index in [1.807, 2.05) is 68.1 Å². The van der Waals surface area contributed by atoms with Gasteiger partial charge in [0.25, 0.3) is 0 Å². The molecule has 1 amide bonds. The van der Waals surface area contributed by atoms with Crippen molar-refractivity contribution in [2.45, 2.75) is 52.1 Å². The second-order valence-corrected chi connectivity index (χ2v) is 12.4. The van der Waals surface area contributed by atoms with Gasteiger partial charge in [0.15, 0.2) is 0 Å². The summed E-state index contributed by atoms with van der Waals surface area (Å²) in [4.78, 5) is 20.2. The standard InChI is InChI=1S/C28H31N5O4S/c1-17-7-5-6-8-23(17)33-25(11-12-26(33)34)28-29-22-15-20(27-18(2)30-37-19(27)3)9-10-24(22)32(28)21-13-14-31(16-21)38(4,35)36/h5-10,15,21,25H,11-14,16H2,1-4H3. The van der Waals surface area contributed by atoms with Crippen LogP contribution < -0.4 is 4.90 Å². The molecular weight excluding hydrogens is 502 g/mol. The summed E-state index contributed by atoms with van der Waals surface area (Å²) < 4.78 is 33.8. The van der Waals surface area contributed by atoms with Crippen LogP contribution in [-0.2, 0) is 14.8 Å². The van der Waals surface area contributed by atoms with Gasteiger partial charge in [0.1, 0.15) is 11.6 Å². The lowest BCUT2D eigenvalue weighted by atomic mass is 10.0. The summed E-state index contributed by atoms with van der Waals surface area (Å²) in [7, 11) is -3.31. The quantitative estimate of drug-likeness (QED) is 0.369. The third-order valence-electron chi connectivity index (χ3n) is 7.88. The SMILES string of the molecule is Cc1ccccc1N1C(=O)CCC1c1nc2cc(-c3c(C)noc3C)ccc2n1C1CCN(S(C)(=O)=O)C1. The van der Waals surface area contributed by atoms with Crippen molar-refractivity contribution in [1.82, 2.24) is 19.0 Å². The summed E-state index contributed by atoms with van der Waals surface area (Å²) in [6.45, 7) is 6.67. The Morgan fingerprint density at radius 3 is 2.53 bits per heavy atom. The number of benzene rings is 2. The maximum Gasteiger partial charge on any atom is 0.227 e. The van der Waals surface area contributed by atoms with E-state index in [1.54, 1.807) is 0 Å². The minimum Gasteiger partial charge on any atom is -0.361 e. The number of imidazole rings is 1. The topological polar surface area (TPSA) is 102 Å². The van der Waals surface area contributed by atoms with Crippen LogP contribution in [0.5, 0.6) is 0 Å². The van der Waals surface area contributed by atoms with Crippen LogP contribution in [0.25, 0.3) is 22.2 Å². The van der Waals surface area contributed by atoms with E-state index in [0.717, 1.165) is 50.7 Å². The summed E-state index contributed by atoms with van der Waals surface area (Å²) in [6.07, 6.45) is 3.03. The number of aryl methyl sites for hydroxylation is 3. The predicted molar refractivity (Wildman–Crippen MR) is 145 cm³/mol. The molecular formula is C28H31N5O4S. The van der Waals surface area contributed by atoms with Crippen LogP contribution in [0.15, 0.2) is 47.0 Å². The lowest BCUT2D eigenvalue weighted by molar-refractivity contribution is -0.117. The normalized spacial score (nSPS) is 20.7. The van der Waals surface area contributed by atoms with Gasteiger partial charge in [-0.25, -0.2) is 17.7 Å². The zero-order valence-corrected chi connectivity index (χ0v) is 22.8. The van der Waals surface area contributed by atoms with Crippen molar-refractivity contribution in [1.29, 1.82) is 0 Å². The van der Waals surface area contributed by atoms with Gasteiger partial charge in [-0.1, -0.05) is 29.4 Å². The van der Waals surface area contributed by atoms with Gasteiger partial charge in [-0.2, -0.15) is 0 Å². The monoisotopic (exact) mass is 533 g/mol. The number of nitrogens with zero attached hydrogens (tertiary/aromatic N) is 5. The van der Waals surface area contributed by atoms with E-state index in [0.29, 0.717) is 32.4 Å². The van der Waals surface area contributed by atoms with Crippen molar-refractivity contribution in [3.05, 3.63) is 65.3 Å². The number of amides is 1. The van der Waals surface area contributed by atoms with Gasteiger partial charge in [-0.3, -0.25) is 4.79 Å². The molecule has 0 saturated carbocycles. The van der Waals surface area contributed by atoms with Gasteiger partial charge in [0.05, 0.1) is 35.1 Å². The molecule has 10 heteroatoms. The summed E-state index contributed by atoms with van der Waals surface area (Å²) in [5, 5.41) is 4.11. The Morgan fingerprint density at radius 1 is 1.05 bits per heavy atom. The molecule has 6 rings (SSSR count). The minimum atomic E-state index is -3.31. The number of anilines is 1. The fourth-order valence-corrected chi connectivity index (χ4v) is 6.95. The number of fused-ring (bicyclic) bond motifs is 1. The second-order valence-electron chi connectivity index (χ2n) is 10.4. The van der Waals surface area contributed by atoms with Crippen molar-refractivity contribution in [3.63, 3.8) is 0 Å². The third kappa shape index (κ3) is 4.03. The van der Waals surface area contributed by atoms with Gasteiger partial charge in [0, 0.05) is 30.8 Å². The molecule has 9 nitrogen and oxygen atoms in total. The number of carbonyl (C=O) groups excluding carboxylic acids is 1. The van der Waals surface area contributed by atoms with Crippen LogP contribution in [0.3, 0.4) is 0 Å². The fraction of sp³-hybridized carbons (Fsp3) is 0.393. The molecule has 2 unspecified atom stereocenters. The van der Waals surface area contributed by atoms with Crippen LogP contribution in [0.1, 0.15) is 54.2 Å². The highest BCUT2D eigenvalue weighted by Crippen LogP contribution is 2.42. The van der Waals surface area contributed by atoms with E-state index in [-0.39, 0.29) is 18.0 Å². The Hall–Kier alpha value is -3.50. The molecule has 2 aliphatic heterocycles. The molecule has 2 aromatic carbocycles. The molecule has 0 N–H and O–H groups in total. The molecule has 4 aromatic rings. The van der Waals surface area contributed by atoms with Gasteiger partial charge in [0.2, 0.25) is 15.9 Å². The van der Waals surface area contributed by atoms with Crippen LogP contribution in [0, 0.1) is 20.8 Å². The Kier molecular flexibility index (Phi) is 5.92. The van der Waals surface area contributed by atoms with Gasteiger partial charge >= 0.3 is 0 Å². The van der Waals surface area contributed by atoms with E-state index in [2.05, 4.69) is 9.72 Å². The van der Waals surface area contributed by atoms with Gasteiger partial charge in [-0.05, 0) is 62.9 Å². The average molecular weight is 534 g/mol. The summed E-state index contributed by atoms with van der Waals surface area (Å²) in [5.41, 5.74) is 6.38. The van der Waals surface area contributed by atoms with E-state index in [9.17, 15) is 13.2 Å². The van der Waals surface area contributed by atoms with Crippen molar-refractivity contribution < 1.29 is 17.7 Å². The number of rotatable bonds is 5. The Morgan fingerprint density at radius 2 is 1.84 bits per heavy atom. The lowest BCUT2D eigenvalue weighted by Crippen LogP contribution is -2.31. The van der Waals surface area contributed by atoms with Crippen molar-refractivity contribution in [2.75, 3.05) is 24.2 Å². The van der Waals surface area contributed by atoms with Crippen molar-refractivity contribution in [3.8, 4) is 11.1 Å². The summed E-state index contributed by atoms with van der Waals surface area (Å²) >= 11 is 0. The Labute approximate surface area is 222 Å². The highest BCUT2D eigenvalue weighted by atomic mass is 32.2. The molecule has 2 saturated heterocycles. The lowest BCUT2D eigenvalue weighted by Gasteiger charge is -2.28. The van der Waals surface area contributed by atoms with E-state index >= 15 is 0 Å². The number of sulfonamides is 1. The molecule has 38 heavy (non-hydrogen) atoms. The van der Waals surface area contributed by atoms with E-state index in [1.165, 1.54) is 10.6 Å². The number of hydrogen-bond acceptors (Lipinski definition) is 6. The smallest absolute Gasteiger partial charge is 0.227 e. The summed E-state index contributed by atoms with van der Waals surface area (Å²) in [6, 6.07) is 13.7. The molecule has 2 fully saturated rings. The molecule has 2 atom stereocenters. The predicted octanol–water partition coefficient (Wildman–Crippen LogP) is 4.69. The molecule has 2 aromatic heterocycles. The van der Waals surface area contributed by atoms with Crippen molar-refractivity contribution in [2.24, 2.45) is 0 Å². The average Bonchev–Trinajstić information content (AvgIpc) is 3.64. The largest absolute Gasteiger partial charge is 0.361 e. The van der Waals surface area contributed by atoms with Gasteiger partial charge in [-0.15, -0.1) is 0 Å². The minimum absolute atomic E-state index is 0.0727.